The Hall–Kier alpha value is -1.23. The zero-order valence-electron chi connectivity index (χ0n) is 10.0. The van der Waals surface area contributed by atoms with Gasteiger partial charge in [-0.1, -0.05) is 12.8 Å². The fourth-order valence-corrected chi connectivity index (χ4v) is 2.11. The summed E-state index contributed by atoms with van der Waals surface area (Å²) in [6, 6.07) is -0.0350. The third-order valence-electron chi connectivity index (χ3n) is 3.20. The van der Waals surface area contributed by atoms with Crippen LogP contribution in [0.25, 0.3) is 0 Å². The van der Waals surface area contributed by atoms with Crippen LogP contribution in [0, 0.1) is 12.7 Å². The van der Waals surface area contributed by atoms with Crippen LogP contribution in [0.5, 0.6) is 5.88 Å². The summed E-state index contributed by atoms with van der Waals surface area (Å²) < 4.78 is 19.3. The molecule has 94 valence electrons. The molecule has 2 N–H and O–H groups in total. The molecule has 0 saturated heterocycles. The molecule has 5 heteroatoms. The summed E-state index contributed by atoms with van der Waals surface area (Å²) in [5.74, 6) is -0.455. The Balaban J connectivity index is 2.10. The van der Waals surface area contributed by atoms with Crippen molar-refractivity contribution in [1.82, 2.24) is 9.97 Å². The van der Waals surface area contributed by atoms with Crippen molar-refractivity contribution in [3.05, 3.63) is 17.8 Å². The quantitative estimate of drug-likeness (QED) is 0.801. The SMILES string of the molecule is Cc1ncnc(OC2CCCCCC2N)c1F. The lowest BCUT2D eigenvalue weighted by Crippen LogP contribution is -2.38. The molecule has 0 bridgehead atoms. The van der Waals surface area contributed by atoms with Gasteiger partial charge >= 0.3 is 0 Å². The van der Waals surface area contributed by atoms with E-state index in [9.17, 15) is 4.39 Å². The fraction of sp³-hybridized carbons (Fsp3) is 0.667. The van der Waals surface area contributed by atoms with Crippen molar-refractivity contribution in [3.63, 3.8) is 0 Å². The minimum Gasteiger partial charge on any atom is -0.471 e. The van der Waals surface area contributed by atoms with Gasteiger partial charge in [0.25, 0.3) is 5.88 Å². The van der Waals surface area contributed by atoms with Gasteiger partial charge in [0.05, 0.1) is 5.69 Å². The summed E-state index contributed by atoms with van der Waals surface area (Å²) in [5.41, 5.74) is 6.33. The van der Waals surface area contributed by atoms with Crippen molar-refractivity contribution in [2.24, 2.45) is 5.73 Å². The Morgan fingerprint density at radius 2 is 2.06 bits per heavy atom. The predicted octanol–water partition coefficient (Wildman–Crippen LogP) is 1.96. The molecule has 1 aromatic rings. The average Bonchev–Trinajstić information content (AvgIpc) is 2.51. The van der Waals surface area contributed by atoms with Crippen molar-refractivity contribution in [3.8, 4) is 5.88 Å². The van der Waals surface area contributed by atoms with Crippen LogP contribution in [0.2, 0.25) is 0 Å². The highest BCUT2D eigenvalue weighted by atomic mass is 19.1. The van der Waals surface area contributed by atoms with Gasteiger partial charge in [0.15, 0.2) is 0 Å². The maximum absolute atomic E-state index is 13.7. The van der Waals surface area contributed by atoms with Crippen LogP contribution in [0.4, 0.5) is 4.39 Å². The van der Waals surface area contributed by atoms with Gasteiger partial charge in [-0.05, 0) is 26.2 Å². The molecule has 2 atom stereocenters. The highest BCUT2D eigenvalue weighted by Gasteiger charge is 2.24. The Labute approximate surface area is 100 Å². The monoisotopic (exact) mass is 239 g/mol. The summed E-state index contributed by atoms with van der Waals surface area (Å²) in [6.07, 6.45) is 6.33. The fourth-order valence-electron chi connectivity index (χ4n) is 2.11. The van der Waals surface area contributed by atoms with Crippen LogP contribution in [0.15, 0.2) is 6.33 Å². The van der Waals surface area contributed by atoms with Crippen LogP contribution >= 0.6 is 0 Å². The summed E-state index contributed by atoms with van der Waals surface area (Å²) in [5, 5.41) is 0. The first-order valence-corrected chi connectivity index (χ1v) is 6.08. The van der Waals surface area contributed by atoms with Crippen molar-refractivity contribution in [1.29, 1.82) is 0 Å². The summed E-state index contributed by atoms with van der Waals surface area (Å²) >= 11 is 0. The van der Waals surface area contributed by atoms with Crippen LogP contribution in [0.3, 0.4) is 0 Å². The molecule has 4 nitrogen and oxygen atoms in total. The maximum atomic E-state index is 13.7. The molecule has 0 amide bonds. The van der Waals surface area contributed by atoms with Crippen LogP contribution in [0.1, 0.15) is 37.8 Å². The second-order valence-corrected chi connectivity index (χ2v) is 4.54. The molecule has 0 spiro atoms. The van der Waals surface area contributed by atoms with E-state index in [0.29, 0.717) is 5.69 Å². The third kappa shape index (κ3) is 2.91. The predicted molar refractivity (Wildman–Crippen MR) is 62.2 cm³/mol. The maximum Gasteiger partial charge on any atom is 0.254 e. The van der Waals surface area contributed by atoms with Crippen LogP contribution in [-0.2, 0) is 0 Å². The van der Waals surface area contributed by atoms with E-state index in [0.717, 1.165) is 25.7 Å². The second-order valence-electron chi connectivity index (χ2n) is 4.54. The van der Waals surface area contributed by atoms with E-state index in [1.807, 2.05) is 0 Å². The lowest BCUT2D eigenvalue weighted by molar-refractivity contribution is 0.148. The van der Waals surface area contributed by atoms with Crippen molar-refractivity contribution in [2.45, 2.75) is 51.2 Å². The summed E-state index contributed by atoms with van der Waals surface area (Å²) in [6.45, 7) is 1.59. The van der Waals surface area contributed by atoms with Gasteiger partial charge in [0.2, 0.25) is 5.82 Å². The number of ether oxygens (including phenoxy) is 1. The summed E-state index contributed by atoms with van der Waals surface area (Å²) in [7, 11) is 0. The van der Waals surface area contributed by atoms with E-state index in [2.05, 4.69) is 9.97 Å². The third-order valence-corrected chi connectivity index (χ3v) is 3.20. The molecule has 1 heterocycles. The number of hydrogen-bond donors (Lipinski definition) is 1. The lowest BCUT2D eigenvalue weighted by atomic mass is 10.1. The molecule has 1 saturated carbocycles. The van der Waals surface area contributed by atoms with Gasteiger partial charge in [0.1, 0.15) is 12.4 Å². The summed E-state index contributed by atoms with van der Waals surface area (Å²) in [4.78, 5) is 7.61. The normalized spacial score (nSPS) is 25.4. The average molecular weight is 239 g/mol. The van der Waals surface area contributed by atoms with E-state index in [1.54, 1.807) is 6.92 Å². The van der Waals surface area contributed by atoms with Gasteiger partial charge in [-0.15, -0.1) is 0 Å². The van der Waals surface area contributed by atoms with Crippen LogP contribution < -0.4 is 10.5 Å². The Morgan fingerprint density at radius 1 is 1.29 bits per heavy atom. The highest BCUT2D eigenvalue weighted by Crippen LogP contribution is 2.23. The molecule has 1 aromatic heterocycles. The van der Waals surface area contributed by atoms with E-state index < -0.39 is 5.82 Å². The number of hydrogen-bond acceptors (Lipinski definition) is 4. The molecule has 2 rings (SSSR count). The van der Waals surface area contributed by atoms with E-state index in [1.165, 1.54) is 12.7 Å². The topological polar surface area (TPSA) is 61.0 Å². The Kier molecular flexibility index (Phi) is 3.89. The Bertz CT molecular complexity index is 386. The minimum absolute atomic E-state index is 0.0276. The standard InChI is InChI=1S/C12H18FN3O/c1-8-11(13)12(16-7-15-8)17-10-6-4-2-3-5-9(10)14/h7,9-10H,2-6,14H2,1H3. The number of nitrogens with two attached hydrogens (primary N) is 1. The minimum atomic E-state index is -0.482. The largest absolute Gasteiger partial charge is 0.471 e. The first-order chi connectivity index (χ1) is 8.18. The zero-order chi connectivity index (χ0) is 12.3. The molecular formula is C12H18FN3O. The number of halogens is 1. The van der Waals surface area contributed by atoms with Gasteiger partial charge < -0.3 is 10.5 Å². The van der Waals surface area contributed by atoms with Gasteiger partial charge in [-0.3, -0.25) is 0 Å². The van der Waals surface area contributed by atoms with Gasteiger partial charge in [0, 0.05) is 6.04 Å². The number of aromatic nitrogens is 2. The second kappa shape index (κ2) is 5.40. The van der Waals surface area contributed by atoms with E-state index in [-0.39, 0.29) is 18.0 Å². The van der Waals surface area contributed by atoms with Gasteiger partial charge in [-0.25, -0.2) is 4.98 Å². The van der Waals surface area contributed by atoms with Crippen molar-refractivity contribution in [2.75, 3.05) is 0 Å². The first kappa shape index (κ1) is 12.2. The molecular weight excluding hydrogens is 221 g/mol. The number of nitrogens with zero attached hydrogens (tertiary/aromatic N) is 2. The van der Waals surface area contributed by atoms with E-state index >= 15 is 0 Å². The highest BCUT2D eigenvalue weighted by molar-refractivity contribution is 5.16. The number of aryl methyl sites for hydroxylation is 1. The molecule has 0 radical (unpaired) electrons. The molecule has 0 aromatic carbocycles. The molecule has 17 heavy (non-hydrogen) atoms. The zero-order valence-corrected chi connectivity index (χ0v) is 10.0. The first-order valence-electron chi connectivity index (χ1n) is 6.08. The Morgan fingerprint density at radius 3 is 2.88 bits per heavy atom. The number of rotatable bonds is 2. The molecule has 1 aliphatic carbocycles. The molecule has 2 unspecified atom stereocenters. The van der Waals surface area contributed by atoms with Gasteiger partial charge in [-0.2, -0.15) is 9.37 Å². The van der Waals surface area contributed by atoms with Crippen molar-refractivity contribution >= 4 is 0 Å². The lowest BCUT2D eigenvalue weighted by Gasteiger charge is -2.22. The van der Waals surface area contributed by atoms with E-state index in [4.69, 9.17) is 10.5 Å². The van der Waals surface area contributed by atoms with Crippen molar-refractivity contribution < 1.29 is 9.13 Å². The molecule has 0 aliphatic heterocycles. The molecule has 1 aliphatic rings. The molecule has 1 fully saturated rings. The smallest absolute Gasteiger partial charge is 0.254 e. The van der Waals surface area contributed by atoms with Crippen LogP contribution in [-0.4, -0.2) is 22.1 Å².